The molecule has 0 spiro atoms. The van der Waals surface area contributed by atoms with Crippen LogP contribution in [-0.2, 0) is 9.63 Å². The standard InChI is InChI=1S/C29H35F2N7O4/c1-4-37-17-24(26(42-37)20-10-11-22(30)23(31)16-20)32-29(40)33-27-19(2)28(34-38(27)21-8-6-5-7-9-21)41-18-25(39)36-14-12-35(3)13-15-36/h5-11,16,24,26H,4,12-15,17-18H2,1-3H3,(H2,32,33,40)/t24-,26+/m1/s1. The van der Waals surface area contributed by atoms with Gasteiger partial charge in [0.1, 0.15) is 11.9 Å². The summed E-state index contributed by atoms with van der Waals surface area (Å²) in [4.78, 5) is 35.9. The number of likely N-dealkylation sites (N-methyl/N-ethyl adjacent to an activating group) is 2. The van der Waals surface area contributed by atoms with Crippen molar-refractivity contribution in [3.63, 3.8) is 0 Å². The van der Waals surface area contributed by atoms with Crippen LogP contribution in [0.15, 0.2) is 48.5 Å². The summed E-state index contributed by atoms with van der Waals surface area (Å²) in [7, 11) is 2.02. The topological polar surface area (TPSA) is 104 Å². The Kier molecular flexibility index (Phi) is 9.00. The van der Waals surface area contributed by atoms with E-state index in [1.54, 1.807) is 21.6 Å². The lowest BCUT2D eigenvalue weighted by molar-refractivity contribution is -0.144. The average Bonchev–Trinajstić information content (AvgIpc) is 3.54. The third-order valence-corrected chi connectivity index (χ3v) is 7.47. The van der Waals surface area contributed by atoms with E-state index in [4.69, 9.17) is 9.57 Å². The van der Waals surface area contributed by atoms with Crippen molar-refractivity contribution in [2.75, 3.05) is 58.2 Å². The minimum Gasteiger partial charge on any atom is -0.466 e. The Balaban J connectivity index is 1.33. The minimum absolute atomic E-state index is 0.131. The number of carbonyl (C=O) groups excluding carboxylic acids is 2. The van der Waals surface area contributed by atoms with E-state index >= 15 is 0 Å². The molecule has 0 bridgehead atoms. The summed E-state index contributed by atoms with van der Waals surface area (Å²) in [5.41, 5.74) is 1.62. The molecule has 0 radical (unpaired) electrons. The summed E-state index contributed by atoms with van der Waals surface area (Å²) in [5.74, 6) is -1.50. The lowest BCUT2D eigenvalue weighted by Crippen LogP contribution is -2.48. The van der Waals surface area contributed by atoms with E-state index < -0.39 is 29.8 Å². The molecule has 3 heterocycles. The molecular weight excluding hydrogens is 548 g/mol. The molecule has 2 saturated heterocycles. The summed E-state index contributed by atoms with van der Waals surface area (Å²) >= 11 is 0. The fourth-order valence-corrected chi connectivity index (χ4v) is 5.00. The van der Waals surface area contributed by atoms with Crippen molar-refractivity contribution in [1.82, 2.24) is 30.0 Å². The van der Waals surface area contributed by atoms with Gasteiger partial charge in [0, 0.05) is 39.3 Å². The van der Waals surface area contributed by atoms with Gasteiger partial charge in [0.25, 0.3) is 5.91 Å². The second-order valence-corrected chi connectivity index (χ2v) is 10.4. The number of amides is 3. The van der Waals surface area contributed by atoms with E-state index in [2.05, 4.69) is 20.6 Å². The Labute approximate surface area is 242 Å². The summed E-state index contributed by atoms with van der Waals surface area (Å²) < 4.78 is 34.9. The van der Waals surface area contributed by atoms with Crippen LogP contribution in [0.4, 0.5) is 19.4 Å². The maximum absolute atomic E-state index is 14.0. The van der Waals surface area contributed by atoms with Gasteiger partial charge in [0.2, 0.25) is 5.88 Å². The van der Waals surface area contributed by atoms with Crippen molar-refractivity contribution in [1.29, 1.82) is 0 Å². The summed E-state index contributed by atoms with van der Waals surface area (Å²) in [6.45, 7) is 7.21. The van der Waals surface area contributed by atoms with Crippen LogP contribution in [0, 0.1) is 18.6 Å². The number of benzene rings is 2. The lowest BCUT2D eigenvalue weighted by atomic mass is 10.0. The highest BCUT2D eigenvalue weighted by molar-refractivity contribution is 5.90. The quantitative estimate of drug-likeness (QED) is 0.420. The second kappa shape index (κ2) is 12.8. The number of hydrogen-bond donors (Lipinski definition) is 2. The average molecular weight is 584 g/mol. The predicted octanol–water partition coefficient (Wildman–Crippen LogP) is 3.11. The Morgan fingerprint density at radius 3 is 2.50 bits per heavy atom. The number of hydroxylamine groups is 2. The van der Waals surface area contributed by atoms with Crippen molar-refractivity contribution in [3.8, 4) is 11.6 Å². The number of nitrogens with zero attached hydrogens (tertiary/aromatic N) is 5. The van der Waals surface area contributed by atoms with Gasteiger partial charge in [0.15, 0.2) is 18.2 Å². The first kappa shape index (κ1) is 29.4. The van der Waals surface area contributed by atoms with E-state index in [1.807, 2.05) is 44.3 Å². The highest BCUT2D eigenvalue weighted by Gasteiger charge is 2.36. The molecule has 2 aliphatic heterocycles. The van der Waals surface area contributed by atoms with Crippen LogP contribution in [0.3, 0.4) is 0 Å². The molecule has 1 aromatic heterocycles. The largest absolute Gasteiger partial charge is 0.466 e. The Bertz CT molecular complexity index is 1410. The molecule has 42 heavy (non-hydrogen) atoms. The Hall–Kier alpha value is -4.07. The van der Waals surface area contributed by atoms with Crippen molar-refractivity contribution in [2.45, 2.75) is 26.0 Å². The number of aromatic nitrogens is 2. The molecule has 2 fully saturated rings. The first-order valence-corrected chi connectivity index (χ1v) is 13.9. The minimum atomic E-state index is -0.990. The third kappa shape index (κ3) is 6.53. The number of para-hydroxylation sites is 1. The summed E-state index contributed by atoms with van der Waals surface area (Å²) in [6, 6.07) is 11.7. The molecule has 0 unspecified atom stereocenters. The van der Waals surface area contributed by atoms with Crippen molar-refractivity contribution < 1.29 is 27.9 Å². The van der Waals surface area contributed by atoms with Crippen molar-refractivity contribution >= 4 is 17.8 Å². The van der Waals surface area contributed by atoms with Gasteiger partial charge in [-0.05, 0) is 43.8 Å². The van der Waals surface area contributed by atoms with Crippen LogP contribution in [0.5, 0.6) is 5.88 Å². The molecule has 3 aromatic rings. The fourth-order valence-electron chi connectivity index (χ4n) is 5.00. The molecule has 13 heteroatoms. The van der Waals surface area contributed by atoms with E-state index in [-0.39, 0.29) is 18.4 Å². The zero-order valence-corrected chi connectivity index (χ0v) is 23.8. The van der Waals surface area contributed by atoms with Crippen molar-refractivity contribution in [2.24, 2.45) is 0 Å². The number of anilines is 1. The molecule has 11 nitrogen and oxygen atoms in total. The van der Waals surface area contributed by atoms with Gasteiger partial charge in [-0.25, -0.2) is 18.3 Å². The van der Waals surface area contributed by atoms with Gasteiger partial charge < -0.3 is 19.9 Å². The zero-order chi connectivity index (χ0) is 29.8. The highest BCUT2D eigenvalue weighted by Crippen LogP contribution is 2.31. The van der Waals surface area contributed by atoms with E-state index in [0.29, 0.717) is 48.8 Å². The number of urea groups is 1. The molecule has 2 aromatic carbocycles. The van der Waals surface area contributed by atoms with E-state index in [1.165, 1.54) is 6.07 Å². The van der Waals surface area contributed by atoms with Crippen LogP contribution in [0.2, 0.25) is 0 Å². The smallest absolute Gasteiger partial charge is 0.320 e. The van der Waals surface area contributed by atoms with E-state index in [9.17, 15) is 18.4 Å². The predicted molar refractivity (Wildman–Crippen MR) is 151 cm³/mol. The van der Waals surface area contributed by atoms with Crippen LogP contribution in [-0.4, -0.2) is 95.5 Å². The van der Waals surface area contributed by atoms with Gasteiger partial charge in [0.05, 0.1) is 17.3 Å². The number of rotatable bonds is 8. The molecule has 3 amide bonds. The van der Waals surface area contributed by atoms with Crippen LogP contribution in [0.1, 0.15) is 24.2 Å². The van der Waals surface area contributed by atoms with Gasteiger partial charge >= 0.3 is 6.03 Å². The lowest BCUT2D eigenvalue weighted by Gasteiger charge is -2.32. The van der Waals surface area contributed by atoms with Crippen LogP contribution in [0.25, 0.3) is 5.69 Å². The molecule has 0 saturated carbocycles. The normalized spacial score (nSPS) is 19.6. The third-order valence-electron chi connectivity index (χ3n) is 7.47. The second-order valence-electron chi connectivity index (χ2n) is 10.4. The van der Waals surface area contributed by atoms with Gasteiger partial charge in [-0.1, -0.05) is 31.2 Å². The number of halogens is 2. The van der Waals surface area contributed by atoms with Gasteiger partial charge in [-0.3, -0.25) is 14.9 Å². The molecular formula is C29H35F2N7O4. The molecule has 2 N–H and O–H groups in total. The Morgan fingerprint density at radius 2 is 1.81 bits per heavy atom. The maximum Gasteiger partial charge on any atom is 0.320 e. The monoisotopic (exact) mass is 583 g/mol. The SMILES string of the molecule is CCN1C[C@@H](NC(=O)Nc2c(C)c(OCC(=O)N3CCN(C)CC3)nn2-c2ccccc2)[C@H](c2ccc(F)c(F)c2)O1. The first-order chi connectivity index (χ1) is 20.2. The van der Waals surface area contributed by atoms with E-state index in [0.717, 1.165) is 25.2 Å². The maximum atomic E-state index is 14.0. The number of carbonyl (C=O) groups is 2. The number of hydrogen-bond acceptors (Lipinski definition) is 7. The number of nitrogens with one attached hydrogen (secondary N) is 2. The molecule has 224 valence electrons. The molecule has 2 atom stereocenters. The number of ether oxygens (including phenoxy) is 1. The number of piperazine rings is 1. The molecule has 2 aliphatic rings. The zero-order valence-electron chi connectivity index (χ0n) is 23.8. The van der Waals surface area contributed by atoms with Gasteiger partial charge in [-0.2, -0.15) is 5.06 Å². The summed E-state index contributed by atoms with van der Waals surface area (Å²) in [5, 5.41) is 12.0. The fraction of sp³-hybridized carbons (Fsp3) is 0.414. The first-order valence-electron chi connectivity index (χ1n) is 13.9. The highest BCUT2D eigenvalue weighted by atomic mass is 19.2. The van der Waals surface area contributed by atoms with Crippen molar-refractivity contribution in [3.05, 3.63) is 71.3 Å². The molecule has 5 rings (SSSR count). The Morgan fingerprint density at radius 1 is 1.07 bits per heavy atom. The summed E-state index contributed by atoms with van der Waals surface area (Å²) in [6.07, 6.45) is -0.717. The van der Waals surface area contributed by atoms with Crippen LogP contribution < -0.4 is 15.4 Å². The molecule has 0 aliphatic carbocycles. The van der Waals surface area contributed by atoms with Gasteiger partial charge in [-0.15, -0.1) is 5.10 Å². The van der Waals surface area contributed by atoms with Crippen LogP contribution >= 0.6 is 0 Å².